The van der Waals surface area contributed by atoms with Crippen LogP contribution in [0.25, 0.3) is 34.1 Å². The third-order valence-electron chi connectivity index (χ3n) is 6.36. The molecule has 37 heavy (non-hydrogen) atoms. The molecule has 4 aromatic heterocycles. The van der Waals surface area contributed by atoms with Gasteiger partial charge in [0, 0.05) is 42.9 Å². The molecule has 0 unspecified atom stereocenters. The Morgan fingerprint density at radius 2 is 1.84 bits per heavy atom. The summed E-state index contributed by atoms with van der Waals surface area (Å²) < 4.78 is 52.2. The maximum atomic E-state index is 13.0. The molecule has 0 bridgehead atoms. The molecular formula is C26H21F3N6O2. The Hall–Kier alpha value is -4.28. The number of ether oxygens (including phenoxy) is 1. The molecule has 5 aromatic rings. The second kappa shape index (κ2) is 8.68. The van der Waals surface area contributed by atoms with Crippen LogP contribution in [0.2, 0.25) is 0 Å². The highest BCUT2D eigenvalue weighted by Gasteiger charge is 2.35. The molecule has 1 aliphatic carbocycles. The Balaban J connectivity index is 1.32. The number of hydrogen-bond donors (Lipinski definition) is 0. The monoisotopic (exact) mass is 506 g/mol. The molecule has 0 N–H and O–H groups in total. The molecule has 1 aliphatic rings. The number of fused-ring (bicyclic) bond motifs is 1. The van der Waals surface area contributed by atoms with Gasteiger partial charge < -0.3 is 13.7 Å². The summed E-state index contributed by atoms with van der Waals surface area (Å²) in [6.45, 7) is 0. The number of nitrogens with zero attached hydrogens (tertiary/aromatic N) is 6. The third-order valence-corrected chi connectivity index (χ3v) is 6.36. The number of alkyl halides is 3. The minimum atomic E-state index is -4.49. The molecule has 1 saturated carbocycles. The predicted molar refractivity (Wildman–Crippen MR) is 128 cm³/mol. The first-order chi connectivity index (χ1) is 17.8. The van der Waals surface area contributed by atoms with Gasteiger partial charge in [0.2, 0.25) is 11.8 Å². The first-order valence-electron chi connectivity index (χ1n) is 11.7. The van der Waals surface area contributed by atoms with E-state index in [1.54, 1.807) is 32.5 Å². The number of halogens is 3. The average molecular weight is 506 g/mol. The van der Waals surface area contributed by atoms with Gasteiger partial charge in [-0.2, -0.15) is 18.2 Å². The molecule has 4 heterocycles. The predicted octanol–water partition coefficient (Wildman–Crippen LogP) is 5.58. The molecule has 0 radical (unpaired) electrons. The number of aryl methyl sites for hydroxylation is 1. The fourth-order valence-corrected chi connectivity index (χ4v) is 4.40. The van der Waals surface area contributed by atoms with Crippen molar-refractivity contribution in [1.29, 1.82) is 0 Å². The Kier molecular flexibility index (Phi) is 5.43. The van der Waals surface area contributed by atoms with Gasteiger partial charge in [-0.3, -0.25) is 0 Å². The van der Waals surface area contributed by atoms with Crippen LogP contribution in [0.15, 0.2) is 53.5 Å². The lowest BCUT2D eigenvalue weighted by Crippen LogP contribution is -2.04. The van der Waals surface area contributed by atoms with Crippen molar-refractivity contribution in [3.8, 4) is 28.7 Å². The SMILES string of the molecule is COc1ncnc(C2CC2)c1-c1nc2nccc(Cc3ccc(-c4nc(C(F)(F)F)cn4C)cc3)c2o1. The highest BCUT2D eigenvalue weighted by atomic mass is 19.4. The maximum absolute atomic E-state index is 13.0. The summed E-state index contributed by atoms with van der Waals surface area (Å²) in [7, 11) is 3.09. The molecule has 6 rings (SSSR count). The maximum Gasteiger partial charge on any atom is 0.434 e. The largest absolute Gasteiger partial charge is 0.480 e. The second-order valence-electron chi connectivity index (χ2n) is 8.99. The van der Waals surface area contributed by atoms with E-state index in [0.29, 0.717) is 46.5 Å². The van der Waals surface area contributed by atoms with E-state index >= 15 is 0 Å². The first-order valence-corrected chi connectivity index (χ1v) is 11.7. The summed E-state index contributed by atoms with van der Waals surface area (Å²) in [5.74, 6) is 1.35. The topological polar surface area (TPSA) is 91.8 Å². The van der Waals surface area contributed by atoms with E-state index in [9.17, 15) is 13.2 Å². The lowest BCUT2D eigenvalue weighted by Gasteiger charge is -2.08. The zero-order chi connectivity index (χ0) is 25.7. The molecule has 1 fully saturated rings. The normalized spacial score (nSPS) is 13.9. The number of oxazole rings is 1. The number of benzene rings is 1. The van der Waals surface area contributed by atoms with Gasteiger partial charge in [-0.05, 0) is 24.5 Å². The van der Waals surface area contributed by atoms with Crippen LogP contribution >= 0.6 is 0 Å². The van der Waals surface area contributed by atoms with E-state index in [2.05, 4.69) is 24.9 Å². The number of methoxy groups -OCH3 is 1. The van der Waals surface area contributed by atoms with Gasteiger partial charge in [0.1, 0.15) is 17.7 Å². The highest BCUT2D eigenvalue weighted by molar-refractivity contribution is 5.78. The Labute approximate surface area is 209 Å². The van der Waals surface area contributed by atoms with Crippen LogP contribution < -0.4 is 4.74 Å². The van der Waals surface area contributed by atoms with Gasteiger partial charge in [0.15, 0.2) is 16.9 Å². The number of aromatic nitrogens is 6. The quantitative estimate of drug-likeness (QED) is 0.297. The summed E-state index contributed by atoms with van der Waals surface area (Å²) in [6, 6.07) is 9.10. The van der Waals surface area contributed by atoms with E-state index in [0.717, 1.165) is 35.9 Å². The van der Waals surface area contributed by atoms with Crippen molar-refractivity contribution < 1.29 is 22.3 Å². The molecule has 0 amide bonds. The number of rotatable bonds is 6. The molecule has 0 spiro atoms. The average Bonchev–Trinajstić information content (AvgIpc) is 3.51. The molecule has 188 valence electrons. The zero-order valence-corrected chi connectivity index (χ0v) is 20.0. The van der Waals surface area contributed by atoms with Crippen molar-refractivity contribution in [2.24, 2.45) is 7.05 Å². The summed E-state index contributed by atoms with van der Waals surface area (Å²) in [5, 5.41) is 0. The Bertz CT molecular complexity index is 1600. The van der Waals surface area contributed by atoms with Crippen molar-refractivity contribution in [3.63, 3.8) is 0 Å². The van der Waals surface area contributed by atoms with E-state index in [1.165, 1.54) is 10.9 Å². The minimum Gasteiger partial charge on any atom is -0.480 e. The van der Waals surface area contributed by atoms with Gasteiger partial charge in [-0.1, -0.05) is 24.3 Å². The standard InChI is InChI=1S/C26H21F3N6O2/c1-35-12-18(26(27,28)29)33-23(35)16-5-3-14(4-6-16)11-17-9-10-30-22-21(17)37-25(34-22)19-20(15-7-8-15)31-13-32-24(19)36-2/h3-6,9-10,12-13,15H,7-8,11H2,1-2H3. The Morgan fingerprint density at radius 3 is 2.51 bits per heavy atom. The fraction of sp³-hybridized carbons (Fsp3) is 0.269. The molecule has 11 heteroatoms. The highest BCUT2D eigenvalue weighted by Crippen LogP contribution is 2.45. The van der Waals surface area contributed by atoms with E-state index < -0.39 is 11.9 Å². The number of imidazole rings is 1. The molecule has 0 atom stereocenters. The van der Waals surface area contributed by atoms with Crippen LogP contribution in [0.1, 0.15) is 41.3 Å². The third kappa shape index (κ3) is 4.30. The van der Waals surface area contributed by atoms with Crippen LogP contribution in [0.5, 0.6) is 5.88 Å². The van der Waals surface area contributed by atoms with Gasteiger partial charge in [-0.25, -0.2) is 19.9 Å². The van der Waals surface area contributed by atoms with Crippen LogP contribution in [0.3, 0.4) is 0 Å². The number of hydrogen-bond acceptors (Lipinski definition) is 7. The van der Waals surface area contributed by atoms with Gasteiger partial charge in [0.05, 0.1) is 12.8 Å². The number of pyridine rings is 1. The van der Waals surface area contributed by atoms with Crippen LogP contribution in [0, 0.1) is 0 Å². The van der Waals surface area contributed by atoms with Gasteiger partial charge in [-0.15, -0.1) is 0 Å². The van der Waals surface area contributed by atoms with Crippen molar-refractivity contribution in [1.82, 2.24) is 29.5 Å². The fourth-order valence-electron chi connectivity index (χ4n) is 4.40. The van der Waals surface area contributed by atoms with E-state index in [-0.39, 0.29) is 5.82 Å². The van der Waals surface area contributed by atoms with E-state index in [4.69, 9.17) is 9.15 Å². The summed E-state index contributed by atoms with van der Waals surface area (Å²) >= 11 is 0. The minimum absolute atomic E-state index is 0.246. The van der Waals surface area contributed by atoms with Gasteiger partial charge >= 0.3 is 6.18 Å². The van der Waals surface area contributed by atoms with Crippen LogP contribution in [-0.2, 0) is 19.6 Å². The van der Waals surface area contributed by atoms with Crippen LogP contribution in [0.4, 0.5) is 13.2 Å². The molecular weight excluding hydrogens is 485 g/mol. The zero-order valence-electron chi connectivity index (χ0n) is 20.0. The molecule has 8 nitrogen and oxygen atoms in total. The molecule has 0 saturated heterocycles. The van der Waals surface area contributed by atoms with Crippen molar-refractivity contribution in [2.75, 3.05) is 7.11 Å². The van der Waals surface area contributed by atoms with Crippen molar-refractivity contribution in [2.45, 2.75) is 31.4 Å². The summed E-state index contributed by atoms with van der Waals surface area (Å²) in [4.78, 5) is 21.4. The molecule has 1 aromatic carbocycles. The summed E-state index contributed by atoms with van der Waals surface area (Å²) in [5.41, 5.74) is 4.01. The lowest BCUT2D eigenvalue weighted by atomic mass is 10.0. The Morgan fingerprint density at radius 1 is 1.05 bits per heavy atom. The first kappa shape index (κ1) is 23.1. The van der Waals surface area contributed by atoms with Crippen LogP contribution in [-0.4, -0.2) is 36.6 Å². The summed E-state index contributed by atoms with van der Waals surface area (Å²) in [6.07, 6.45) is 2.26. The van der Waals surface area contributed by atoms with Crippen molar-refractivity contribution >= 4 is 11.2 Å². The second-order valence-corrected chi connectivity index (χ2v) is 8.99. The molecule has 0 aliphatic heterocycles. The lowest BCUT2D eigenvalue weighted by molar-refractivity contribution is -0.140. The van der Waals surface area contributed by atoms with E-state index in [1.807, 2.05) is 18.2 Å². The smallest absolute Gasteiger partial charge is 0.434 e. The van der Waals surface area contributed by atoms with Crippen molar-refractivity contribution in [3.05, 3.63) is 71.6 Å². The van der Waals surface area contributed by atoms with Gasteiger partial charge in [0.25, 0.3) is 0 Å².